The Bertz CT molecular complexity index is 563. The molecule has 0 aliphatic heterocycles. The van der Waals surface area contributed by atoms with Crippen LogP contribution in [0.2, 0.25) is 5.02 Å². The van der Waals surface area contributed by atoms with E-state index in [2.05, 4.69) is 15.0 Å². The summed E-state index contributed by atoms with van der Waals surface area (Å²) in [5.41, 5.74) is 8.22. The molecule has 0 saturated carbocycles. The first-order valence-electron chi connectivity index (χ1n) is 6.50. The van der Waals surface area contributed by atoms with E-state index in [9.17, 15) is 0 Å². The summed E-state index contributed by atoms with van der Waals surface area (Å²) in [4.78, 5) is 6.56. The lowest BCUT2D eigenvalue weighted by atomic mass is 10.1. The van der Waals surface area contributed by atoms with Crippen molar-refractivity contribution in [2.75, 3.05) is 20.6 Å². The fourth-order valence-corrected chi connectivity index (χ4v) is 3.11. The molecule has 20 heavy (non-hydrogen) atoms. The van der Waals surface area contributed by atoms with Crippen molar-refractivity contribution in [3.05, 3.63) is 33.0 Å². The molecule has 0 fully saturated rings. The van der Waals surface area contributed by atoms with E-state index in [0.717, 1.165) is 29.5 Å². The normalized spacial score (nSPS) is 13.1. The largest absolute Gasteiger partial charge is 0.322 e. The quantitative estimate of drug-likeness (QED) is 0.887. The lowest BCUT2D eigenvalue weighted by Crippen LogP contribution is -2.24. The van der Waals surface area contributed by atoms with Crippen molar-refractivity contribution in [3.63, 3.8) is 0 Å². The summed E-state index contributed by atoms with van der Waals surface area (Å²) in [6, 6.07) is -0.183. The SMILES string of the molecule is Cc1csc(CC(N)c2c(Cl)cnn2CCN(C)C)n1. The summed E-state index contributed by atoms with van der Waals surface area (Å²) < 4.78 is 1.90. The number of hydrogen-bond acceptors (Lipinski definition) is 5. The van der Waals surface area contributed by atoms with E-state index in [1.807, 2.05) is 31.1 Å². The molecule has 0 aromatic carbocycles. The molecule has 0 bridgehead atoms. The average molecular weight is 314 g/mol. The van der Waals surface area contributed by atoms with Crippen LogP contribution in [0.4, 0.5) is 0 Å². The second kappa shape index (κ2) is 6.67. The van der Waals surface area contributed by atoms with Crippen LogP contribution in [-0.2, 0) is 13.0 Å². The first-order chi connectivity index (χ1) is 9.47. The summed E-state index contributed by atoms with van der Waals surface area (Å²) in [6.45, 7) is 3.66. The molecule has 0 amide bonds. The molecule has 110 valence electrons. The van der Waals surface area contributed by atoms with Gasteiger partial charge in [0.15, 0.2) is 0 Å². The Hall–Kier alpha value is -0.950. The predicted molar refractivity (Wildman–Crippen MR) is 83.3 cm³/mol. The lowest BCUT2D eigenvalue weighted by Gasteiger charge is -2.16. The van der Waals surface area contributed by atoms with Gasteiger partial charge in [-0.2, -0.15) is 5.10 Å². The number of thiazole rings is 1. The van der Waals surface area contributed by atoms with Crippen molar-refractivity contribution in [1.29, 1.82) is 0 Å². The number of aromatic nitrogens is 3. The summed E-state index contributed by atoms with van der Waals surface area (Å²) in [5, 5.41) is 8.01. The Morgan fingerprint density at radius 3 is 2.85 bits per heavy atom. The van der Waals surface area contributed by atoms with Crippen molar-refractivity contribution in [2.24, 2.45) is 5.73 Å². The Morgan fingerprint density at radius 2 is 2.25 bits per heavy atom. The number of likely N-dealkylation sites (N-methyl/N-ethyl adjacent to an activating group) is 1. The predicted octanol–water partition coefficient (Wildman–Crippen LogP) is 2.11. The van der Waals surface area contributed by atoms with Gasteiger partial charge >= 0.3 is 0 Å². The maximum Gasteiger partial charge on any atom is 0.0947 e. The fourth-order valence-electron chi connectivity index (χ4n) is 1.99. The van der Waals surface area contributed by atoms with Crippen molar-refractivity contribution >= 4 is 22.9 Å². The van der Waals surface area contributed by atoms with Gasteiger partial charge in [0, 0.05) is 24.0 Å². The molecule has 0 radical (unpaired) electrons. The number of nitrogens with zero attached hydrogens (tertiary/aromatic N) is 4. The maximum absolute atomic E-state index is 6.30. The first-order valence-corrected chi connectivity index (χ1v) is 7.75. The van der Waals surface area contributed by atoms with E-state index in [1.165, 1.54) is 0 Å². The monoisotopic (exact) mass is 313 g/mol. The van der Waals surface area contributed by atoms with Crippen LogP contribution in [0.5, 0.6) is 0 Å². The minimum Gasteiger partial charge on any atom is -0.322 e. The summed E-state index contributed by atoms with van der Waals surface area (Å²) in [7, 11) is 4.06. The third kappa shape index (κ3) is 3.79. The van der Waals surface area contributed by atoms with Crippen molar-refractivity contribution in [1.82, 2.24) is 19.7 Å². The van der Waals surface area contributed by atoms with Gasteiger partial charge in [-0.15, -0.1) is 11.3 Å². The number of nitrogens with two attached hydrogens (primary N) is 1. The Labute approximate surface area is 128 Å². The fraction of sp³-hybridized carbons (Fsp3) is 0.538. The highest BCUT2D eigenvalue weighted by molar-refractivity contribution is 7.09. The molecule has 1 unspecified atom stereocenters. The molecule has 0 saturated heterocycles. The van der Waals surface area contributed by atoms with Crippen LogP contribution in [0, 0.1) is 6.92 Å². The van der Waals surface area contributed by atoms with Gasteiger partial charge in [0.05, 0.1) is 34.5 Å². The molecule has 7 heteroatoms. The summed E-state index contributed by atoms with van der Waals surface area (Å²) in [5.74, 6) is 0. The van der Waals surface area contributed by atoms with Crippen LogP contribution in [0.1, 0.15) is 22.4 Å². The third-order valence-electron chi connectivity index (χ3n) is 3.00. The molecule has 5 nitrogen and oxygen atoms in total. The minimum atomic E-state index is -0.183. The van der Waals surface area contributed by atoms with Crippen LogP contribution >= 0.6 is 22.9 Å². The lowest BCUT2D eigenvalue weighted by molar-refractivity contribution is 0.366. The zero-order chi connectivity index (χ0) is 14.7. The molecule has 2 aromatic rings. The zero-order valence-electron chi connectivity index (χ0n) is 12.0. The number of halogens is 1. The molecule has 2 heterocycles. The molecule has 2 N–H and O–H groups in total. The zero-order valence-corrected chi connectivity index (χ0v) is 13.6. The van der Waals surface area contributed by atoms with Crippen LogP contribution in [0.3, 0.4) is 0 Å². The Kier molecular flexibility index (Phi) is 5.15. The van der Waals surface area contributed by atoms with Crippen LogP contribution in [-0.4, -0.2) is 40.3 Å². The van der Waals surface area contributed by atoms with E-state index in [4.69, 9.17) is 17.3 Å². The smallest absolute Gasteiger partial charge is 0.0947 e. The topological polar surface area (TPSA) is 60.0 Å². The summed E-state index contributed by atoms with van der Waals surface area (Å²) in [6.07, 6.45) is 2.35. The highest BCUT2D eigenvalue weighted by atomic mass is 35.5. The van der Waals surface area contributed by atoms with E-state index in [1.54, 1.807) is 17.5 Å². The number of hydrogen-bond donors (Lipinski definition) is 1. The third-order valence-corrected chi connectivity index (χ3v) is 4.28. The van der Waals surface area contributed by atoms with Gasteiger partial charge in [0.2, 0.25) is 0 Å². The number of rotatable bonds is 6. The van der Waals surface area contributed by atoms with Crippen molar-refractivity contribution in [3.8, 4) is 0 Å². The van der Waals surface area contributed by atoms with E-state index < -0.39 is 0 Å². The Balaban J connectivity index is 2.12. The molecule has 0 aliphatic carbocycles. The summed E-state index contributed by atoms with van der Waals surface area (Å²) >= 11 is 7.87. The van der Waals surface area contributed by atoms with Crippen molar-refractivity contribution in [2.45, 2.75) is 25.9 Å². The number of aryl methyl sites for hydroxylation is 1. The Morgan fingerprint density at radius 1 is 1.50 bits per heavy atom. The van der Waals surface area contributed by atoms with Gasteiger partial charge in [-0.3, -0.25) is 4.68 Å². The molecule has 2 rings (SSSR count). The highest BCUT2D eigenvalue weighted by Crippen LogP contribution is 2.25. The van der Waals surface area contributed by atoms with Crippen LogP contribution in [0.15, 0.2) is 11.6 Å². The second-order valence-corrected chi connectivity index (χ2v) is 6.45. The van der Waals surface area contributed by atoms with Gasteiger partial charge in [-0.1, -0.05) is 11.6 Å². The highest BCUT2D eigenvalue weighted by Gasteiger charge is 2.18. The van der Waals surface area contributed by atoms with E-state index in [-0.39, 0.29) is 6.04 Å². The molecule has 0 spiro atoms. The van der Waals surface area contributed by atoms with Gasteiger partial charge in [-0.25, -0.2) is 4.98 Å². The maximum atomic E-state index is 6.30. The van der Waals surface area contributed by atoms with Gasteiger partial charge < -0.3 is 10.6 Å². The van der Waals surface area contributed by atoms with E-state index in [0.29, 0.717) is 11.4 Å². The minimum absolute atomic E-state index is 0.183. The van der Waals surface area contributed by atoms with Gasteiger partial charge in [0.1, 0.15) is 0 Å². The molecule has 0 aliphatic rings. The van der Waals surface area contributed by atoms with Crippen LogP contribution in [0.25, 0.3) is 0 Å². The standard InChI is InChI=1S/C13H20ClN5S/c1-9-8-20-12(17-9)6-11(15)13-10(14)7-16-19(13)5-4-18(2)3/h7-8,11H,4-6,15H2,1-3H3. The second-order valence-electron chi connectivity index (χ2n) is 5.10. The average Bonchev–Trinajstić information content (AvgIpc) is 2.93. The molecule has 1 atom stereocenters. The molecular formula is C13H20ClN5S. The molecule has 2 aromatic heterocycles. The van der Waals surface area contributed by atoms with Crippen molar-refractivity contribution < 1.29 is 0 Å². The first kappa shape index (κ1) is 15.4. The van der Waals surface area contributed by atoms with E-state index >= 15 is 0 Å². The van der Waals surface area contributed by atoms with Crippen LogP contribution < -0.4 is 5.73 Å². The van der Waals surface area contributed by atoms with Gasteiger partial charge in [-0.05, 0) is 21.0 Å². The molecular weight excluding hydrogens is 294 g/mol. The van der Waals surface area contributed by atoms with Gasteiger partial charge in [0.25, 0.3) is 0 Å².